The second kappa shape index (κ2) is 5.98. The van der Waals surface area contributed by atoms with Gasteiger partial charge in [-0.2, -0.15) is 5.26 Å². The van der Waals surface area contributed by atoms with Crippen LogP contribution in [0.15, 0.2) is 65.3 Å². The summed E-state index contributed by atoms with van der Waals surface area (Å²) in [5.41, 5.74) is 1.89. The van der Waals surface area contributed by atoms with Gasteiger partial charge in [-0.25, -0.2) is 9.97 Å². The highest BCUT2D eigenvalue weighted by atomic mass is 16.5. The molecule has 2 heterocycles. The van der Waals surface area contributed by atoms with Crippen molar-refractivity contribution in [2.75, 3.05) is 0 Å². The molecule has 4 rings (SSSR count). The Bertz CT molecular complexity index is 1110. The Morgan fingerprint density at radius 2 is 1.84 bits per heavy atom. The van der Waals surface area contributed by atoms with Crippen molar-refractivity contribution in [3.8, 4) is 34.9 Å². The van der Waals surface area contributed by atoms with Crippen LogP contribution in [-0.4, -0.2) is 15.1 Å². The number of benzene rings is 2. The summed E-state index contributed by atoms with van der Waals surface area (Å²) in [6.07, 6.45) is 1.33. The van der Waals surface area contributed by atoms with Crippen LogP contribution in [0.4, 0.5) is 0 Å². The van der Waals surface area contributed by atoms with E-state index < -0.39 is 0 Å². The SMILES string of the molecule is N#Cc1ccccc1Oc1cc(-c2c(O)oc3ccccc23)ncn1. The zero-order chi connectivity index (χ0) is 17.2. The van der Waals surface area contributed by atoms with Crippen molar-refractivity contribution in [2.24, 2.45) is 0 Å². The Hall–Kier alpha value is -3.85. The fraction of sp³-hybridized carbons (Fsp3) is 0. The number of aromatic hydroxyl groups is 1. The molecule has 1 N–H and O–H groups in total. The topological polar surface area (TPSA) is 92.2 Å². The van der Waals surface area contributed by atoms with Crippen LogP contribution < -0.4 is 4.74 Å². The maximum atomic E-state index is 10.1. The van der Waals surface area contributed by atoms with E-state index in [-0.39, 0.29) is 11.8 Å². The van der Waals surface area contributed by atoms with E-state index in [0.717, 1.165) is 5.39 Å². The maximum Gasteiger partial charge on any atom is 0.292 e. The number of nitrogens with zero attached hydrogens (tertiary/aromatic N) is 3. The number of fused-ring (bicyclic) bond motifs is 1. The number of furan rings is 1. The molecule has 0 aliphatic rings. The number of para-hydroxylation sites is 2. The number of nitriles is 1. The second-order valence-electron chi connectivity index (χ2n) is 5.23. The van der Waals surface area contributed by atoms with Gasteiger partial charge in [0.05, 0.1) is 16.8 Å². The zero-order valence-electron chi connectivity index (χ0n) is 12.9. The molecule has 0 aliphatic carbocycles. The van der Waals surface area contributed by atoms with Crippen molar-refractivity contribution in [1.29, 1.82) is 5.26 Å². The first-order valence-electron chi connectivity index (χ1n) is 7.46. The summed E-state index contributed by atoms with van der Waals surface area (Å²) in [7, 11) is 0. The molecule has 0 atom stereocenters. The van der Waals surface area contributed by atoms with Gasteiger partial charge in [0.1, 0.15) is 23.7 Å². The molecule has 2 aromatic heterocycles. The van der Waals surface area contributed by atoms with E-state index in [9.17, 15) is 5.11 Å². The minimum atomic E-state index is -0.219. The number of aromatic nitrogens is 2. The summed E-state index contributed by atoms with van der Waals surface area (Å²) in [5, 5.41) is 20.0. The first-order chi connectivity index (χ1) is 12.3. The van der Waals surface area contributed by atoms with Crippen LogP contribution in [-0.2, 0) is 0 Å². The van der Waals surface area contributed by atoms with Crippen LogP contribution >= 0.6 is 0 Å². The quantitative estimate of drug-likeness (QED) is 0.604. The smallest absolute Gasteiger partial charge is 0.292 e. The Labute approximate surface area is 142 Å². The molecule has 0 saturated carbocycles. The van der Waals surface area contributed by atoms with Gasteiger partial charge in [0.15, 0.2) is 0 Å². The Kier molecular flexibility index (Phi) is 3.52. The lowest BCUT2D eigenvalue weighted by Gasteiger charge is -2.07. The Balaban J connectivity index is 1.77. The summed E-state index contributed by atoms with van der Waals surface area (Å²) in [6, 6.07) is 17.8. The van der Waals surface area contributed by atoms with Crippen LogP contribution in [0.5, 0.6) is 17.6 Å². The number of hydrogen-bond donors (Lipinski definition) is 1. The second-order valence-corrected chi connectivity index (χ2v) is 5.23. The van der Waals surface area contributed by atoms with Crippen LogP contribution in [0, 0.1) is 11.3 Å². The van der Waals surface area contributed by atoms with E-state index in [1.54, 1.807) is 36.4 Å². The summed E-state index contributed by atoms with van der Waals surface area (Å²) >= 11 is 0. The lowest BCUT2D eigenvalue weighted by atomic mass is 10.1. The lowest BCUT2D eigenvalue weighted by molar-refractivity contribution is 0.348. The monoisotopic (exact) mass is 329 g/mol. The molecule has 25 heavy (non-hydrogen) atoms. The van der Waals surface area contributed by atoms with Crippen LogP contribution in [0.1, 0.15) is 5.56 Å². The van der Waals surface area contributed by atoms with E-state index in [1.807, 2.05) is 18.2 Å². The fourth-order valence-electron chi connectivity index (χ4n) is 2.57. The predicted octanol–water partition coefficient (Wildman–Crippen LogP) is 4.26. The van der Waals surface area contributed by atoms with Gasteiger partial charge in [-0.15, -0.1) is 0 Å². The summed E-state index contributed by atoms with van der Waals surface area (Å²) in [5.74, 6) is 0.441. The fourth-order valence-corrected chi connectivity index (χ4v) is 2.57. The third-order valence-electron chi connectivity index (χ3n) is 3.70. The third kappa shape index (κ3) is 2.64. The molecule has 4 aromatic rings. The Morgan fingerprint density at radius 1 is 1.04 bits per heavy atom. The van der Waals surface area contributed by atoms with E-state index in [1.165, 1.54) is 6.33 Å². The normalized spacial score (nSPS) is 10.5. The van der Waals surface area contributed by atoms with Crippen molar-refractivity contribution in [1.82, 2.24) is 9.97 Å². The van der Waals surface area contributed by atoms with Crippen molar-refractivity contribution in [3.63, 3.8) is 0 Å². The molecular formula is C19H11N3O3. The zero-order valence-corrected chi connectivity index (χ0v) is 12.9. The van der Waals surface area contributed by atoms with Crippen molar-refractivity contribution >= 4 is 11.0 Å². The molecule has 0 bridgehead atoms. The maximum absolute atomic E-state index is 10.1. The highest BCUT2D eigenvalue weighted by molar-refractivity contribution is 5.96. The third-order valence-corrected chi connectivity index (χ3v) is 3.70. The minimum Gasteiger partial charge on any atom is -0.480 e. The molecule has 0 spiro atoms. The van der Waals surface area contributed by atoms with Gasteiger partial charge in [-0.05, 0) is 18.2 Å². The molecule has 0 radical (unpaired) electrons. The van der Waals surface area contributed by atoms with Crippen LogP contribution in [0.3, 0.4) is 0 Å². The molecule has 0 saturated heterocycles. The van der Waals surface area contributed by atoms with Gasteiger partial charge in [0.25, 0.3) is 5.95 Å². The molecule has 0 unspecified atom stereocenters. The highest BCUT2D eigenvalue weighted by Gasteiger charge is 2.17. The number of hydrogen-bond acceptors (Lipinski definition) is 6. The number of rotatable bonds is 3. The molecule has 6 heteroatoms. The van der Waals surface area contributed by atoms with E-state index in [4.69, 9.17) is 14.4 Å². The van der Waals surface area contributed by atoms with Gasteiger partial charge in [-0.1, -0.05) is 30.3 Å². The Morgan fingerprint density at radius 3 is 2.72 bits per heavy atom. The predicted molar refractivity (Wildman–Crippen MR) is 90.1 cm³/mol. The van der Waals surface area contributed by atoms with Crippen LogP contribution in [0.25, 0.3) is 22.2 Å². The summed E-state index contributed by atoms with van der Waals surface area (Å²) < 4.78 is 11.1. The van der Waals surface area contributed by atoms with Gasteiger partial charge < -0.3 is 14.3 Å². The minimum absolute atomic E-state index is 0.219. The molecular weight excluding hydrogens is 318 g/mol. The number of ether oxygens (including phenoxy) is 1. The summed E-state index contributed by atoms with van der Waals surface area (Å²) in [6.45, 7) is 0. The lowest BCUT2D eigenvalue weighted by Crippen LogP contribution is -1.93. The van der Waals surface area contributed by atoms with Crippen LogP contribution in [0.2, 0.25) is 0 Å². The largest absolute Gasteiger partial charge is 0.480 e. The molecule has 120 valence electrons. The van der Waals surface area contributed by atoms with E-state index >= 15 is 0 Å². The van der Waals surface area contributed by atoms with Gasteiger partial charge >= 0.3 is 0 Å². The summed E-state index contributed by atoms with van der Waals surface area (Å²) in [4.78, 5) is 8.28. The van der Waals surface area contributed by atoms with Gasteiger partial charge in [0.2, 0.25) is 5.88 Å². The first-order valence-corrected chi connectivity index (χ1v) is 7.46. The molecule has 2 aromatic carbocycles. The molecule has 6 nitrogen and oxygen atoms in total. The first kappa shape index (κ1) is 14.7. The van der Waals surface area contributed by atoms with E-state index in [0.29, 0.717) is 28.2 Å². The highest BCUT2D eigenvalue weighted by Crippen LogP contribution is 2.39. The molecule has 0 fully saturated rings. The van der Waals surface area contributed by atoms with Crippen molar-refractivity contribution in [3.05, 3.63) is 66.5 Å². The average Bonchev–Trinajstić information content (AvgIpc) is 2.98. The standard InChI is InChI=1S/C19H11N3O3/c20-10-12-5-1-3-7-15(12)24-17-9-14(21-11-22-17)18-13-6-2-4-8-16(13)25-19(18)23/h1-9,11,23H. The van der Waals surface area contributed by atoms with Gasteiger partial charge in [-0.3, -0.25) is 0 Å². The molecule has 0 amide bonds. The van der Waals surface area contributed by atoms with Crippen molar-refractivity contribution in [2.45, 2.75) is 0 Å². The van der Waals surface area contributed by atoms with E-state index in [2.05, 4.69) is 16.0 Å². The van der Waals surface area contributed by atoms with Gasteiger partial charge in [0, 0.05) is 11.5 Å². The average molecular weight is 329 g/mol. The molecule has 0 aliphatic heterocycles. The van der Waals surface area contributed by atoms with Crippen molar-refractivity contribution < 1.29 is 14.3 Å².